The molecule has 4 rings (SSSR count). The number of aromatic nitrogens is 5. The van der Waals surface area contributed by atoms with E-state index in [1.165, 1.54) is 4.88 Å². The molecule has 0 aliphatic heterocycles. The first kappa shape index (κ1) is 23.7. The van der Waals surface area contributed by atoms with Crippen LogP contribution in [-0.2, 0) is 22.7 Å². The van der Waals surface area contributed by atoms with Crippen molar-refractivity contribution < 1.29 is 27.9 Å². The number of hydrogen-bond acceptors (Lipinski definition) is 6. The molecule has 4 heterocycles. The number of hydrogen-bond donors (Lipinski definition) is 2. The number of carboxylic acids is 1. The number of carbonyl (C=O) groups excluding carboxylic acids is 1. The third-order valence-corrected chi connectivity index (χ3v) is 4.88. The summed E-state index contributed by atoms with van der Waals surface area (Å²) in [6, 6.07) is 11.5. The molecule has 33 heavy (non-hydrogen) atoms. The predicted molar refractivity (Wildman–Crippen MR) is 113 cm³/mol. The highest BCUT2D eigenvalue weighted by molar-refractivity contribution is 7.09. The van der Waals surface area contributed by atoms with Crippen molar-refractivity contribution in [2.75, 3.05) is 5.32 Å². The second kappa shape index (κ2) is 10.5. The number of rotatable bonds is 6. The van der Waals surface area contributed by atoms with Gasteiger partial charge in [0.05, 0.1) is 18.4 Å². The Bertz CT molecular complexity index is 1190. The van der Waals surface area contributed by atoms with Gasteiger partial charge in [0.1, 0.15) is 12.4 Å². The van der Waals surface area contributed by atoms with Crippen molar-refractivity contribution in [1.82, 2.24) is 24.5 Å². The third-order valence-electron chi connectivity index (χ3n) is 4.02. The highest BCUT2D eigenvalue weighted by atomic mass is 32.1. The Balaban J connectivity index is 0.000000383. The fraction of sp³-hybridized carbons (Fsp3) is 0.150. The van der Waals surface area contributed by atoms with Crippen LogP contribution in [-0.4, -0.2) is 47.7 Å². The Hall–Kier alpha value is -4.00. The van der Waals surface area contributed by atoms with Crippen LogP contribution in [0.25, 0.3) is 11.3 Å². The zero-order valence-corrected chi connectivity index (χ0v) is 17.6. The van der Waals surface area contributed by atoms with Gasteiger partial charge in [-0.25, -0.2) is 9.48 Å². The van der Waals surface area contributed by atoms with Crippen LogP contribution in [0.4, 0.5) is 19.0 Å². The maximum absolute atomic E-state index is 12.4. The topological polar surface area (TPSA) is 115 Å². The maximum atomic E-state index is 12.4. The van der Waals surface area contributed by atoms with E-state index >= 15 is 0 Å². The standard InChI is InChI=1S/C18H16N6OS.C2HF3O2/c25-18(13-23-9-6-16(22-23)14-3-1-7-19-11-14)21-17-5-8-20-24(17)12-15-4-2-10-26-15;3-2(4,5)1(6)7/h1-11H,12-13H2,(H,21,25);(H,6,7). The van der Waals surface area contributed by atoms with E-state index in [1.807, 2.05) is 35.7 Å². The summed E-state index contributed by atoms with van der Waals surface area (Å²) in [5, 5.41) is 20.7. The number of carbonyl (C=O) groups is 2. The van der Waals surface area contributed by atoms with Gasteiger partial charge in [0.25, 0.3) is 0 Å². The average molecular weight is 478 g/mol. The van der Waals surface area contributed by atoms with E-state index in [2.05, 4.69) is 20.5 Å². The number of pyridine rings is 1. The summed E-state index contributed by atoms with van der Waals surface area (Å²) >= 11 is 1.66. The predicted octanol–water partition coefficient (Wildman–Crippen LogP) is 3.52. The molecule has 0 fully saturated rings. The lowest BCUT2D eigenvalue weighted by atomic mass is 10.2. The van der Waals surface area contributed by atoms with Gasteiger partial charge in [0.15, 0.2) is 0 Å². The molecular formula is C20H17F3N6O3S. The minimum atomic E-state index is -5.08. The summed E-state index contributed by atoms with van der Waals surface area (Å²) in [6.45, 7) is 0.762. The molecule has 0 radical (unpaired) electrons. The number of nitrogens with zero attached hydrogens (tertiary/aromatic N) is 5. The minimum Gasteiger partial charge on any atom is -0.475 e. The van der Waals surface area contributed by atoms with Crippen LogP contribution in [0.1, 0.15) is 4.88 Å². The lowest BCUT2D eigenvalue weighted by Crippen LogP contribution is -2.21. The summed E-state index contributed by atoms with van der Waals surface area (Å²) in [7, 11) is 0. The zero-order valence-electron chi connectivity index (χ0n) is 16.8. The number of amides is 1. The van der Waals surface area contributed by atoms with Crippen LogP contribution in [0, 0.1) is 0 Å². The smallest absolute Gasteiger partial charge is 0.475 e. The van der Waals surface area contributed by atoms with Crippen molar-refractivity contribution in [2.24, 2.45) is 0 Å². The molecule has 0 saturated heterocycles. The van der Waals surface area contributed by atoms with Crippen LogP contribution in [0.15, 0.2) is 66.6 Å². The molecule has 13 heteroatoms. The summed E-state index contributed by atoms with van der Waals surface area (Å²) in [5.74, 6) is -2.24. The Morgan fingerprint density at radius 3 is 2.55 bits per heavy atom. The molecule has 2 N–H and O–H groups in total. The van der Waals surface area contributed by atoms with E-state index in [1.54, 1.807) is 51.6 Å². The first-order valence-electron chi connectivity index (χ1n) is 9.30. The van der Waals surface area contributed by atoms with Crippen molar-refractivity contribution in [2.45, 2.75) is 19.3 Å². The van der Waals surface area contributed by atoms with E-state index in [0.29, 0.717) is 12.4 Å². The highest BCUT2D eigenvalue weighted by Crippen LogP contribution is 2.16. The van der Waals surface area contributed by atoms with Crippen molar-refractivity contribution in [3.8, 4) is 11.3 Å². The van der Waals surface area contributed by atoms with Crippen LogP contribution < -0.4 is 5.32 Å². The van der Waals surface area contributed by atoms with Crippen LogP contribution >= 0.6 is 11.3 Å². The van der Waals surface area contributed by atoms with E-state index in [4.69, 9.17) is 9.90 Å². The fourth-order valence-corrected chi connectivity index (χ4v) is 3.25. The number of anilines is 1. The van der Waals surface area contributed by atoms with Crippen molar-refractivity contribution in [3.63, 3.8) is 0 Å². The molecule has 4 aromatic rings. The Labute approximate surface area is 189 Å². The molecule has 0 aliphatic rings. The Morgan fingerprint density at radius 1 is 1.12 bits per heavy atom. The summed E-state index contributed by atoms with van der Waals surface area (Å²) < 4.78 is 35.1. The SMILES string of the molecule is O=C(Cn1ccc(-c2cccnc2)n1)Nc1ccnn1Cc1cccs1.O=C(O)C(F)(F)F. The van der Waals surface area contributed by atoms with E-state index in [9.17, 15) is 18.0 Å². The summed E-state index contributed by atoms with van der Waals surface area (Å²) in [6.07, 6.45) is 1.84. The van der Waals surface area contributed by atoms with Gasteiger partial charge < -0.3 is 10.4 Å². The van der Waals surface area contributed by atoms with Gasteiger partial charge >= 0.3 is 12.1 Å². The first-order chi connectivity index (χ1) is 15.7. The molecule has 0 aliphatic carbocycles. The Kier molecular flexibility index (Phi) is 7.56. The molecule has 0 saturated carbocycles. The molecule has 0 aromatic carbocycles. The van der Waals surface area contributed by atoms with E-state index in [-0.39, 0.29) is 12.5 Å². The lowest BCUT2D eigenvalue weighted by molar-refractivity contribution is -0.192. The van der Waals surface area contributed by atoms with Gasteiger partial charge in [0.2, 0.25) is 5.91 Å². The third kappa shape index (κ3) is 7.00. The summed E-state index contributed by atoms with van der Waals surface area (Å²) in [5.41, 5.74) is 1.70. The molecule has 172 valence electrons. The minimum absolute atomic E-state index is 0.129. The van der Waals surface area contributed by atoms with Crippen LogP contribution in [0.3, 0.4) is 0 Å². The highest BCUT2D eigenvalue weighted by Gasteiger charge is 2.38. The number of alkyl halides is 3. The van der Waals surface area contributed by atoms with E-state index in [0.717, 1.165) is 11.3 Å². The molecule has 4 aromatic heterocycles. The van der Waals surface area contributed by atoms with Gasteiger partial charge in [-0.1, -0.05) is 6.07 Å². The zero-order chi connectivity index (χ0) is 23.8. The fourth-order valence-electron chi connectivity index (χ4n) is 2.56. The first-order valence-corrected chi connectivity index (χ1v) is 10.2. The summed E-state index contributed by atoms with van der Waals surface area (Å²) in [4.78, 5) is 26.5. The Morgan fingerprint density at radius 2 is 1.91 bits per heavy atom. The lowest BCUT2D eigenvalue weighted by Gasteiger charge is -2.08. The van der Waals surface area contributed by atoms with E-state index < -0.39 is 12.1 Å². The molecule has 0 bridgehead atoms. The van der Waals surface area contributed by atoms with Gasteiger partial charge in [-0.3, -0.25) is 14.5 Å². The largest absolute Gasteiger partial charge is 0.490 e. The average Bonchev–Trinajstić information content (AvgIpc) is 3.52. The van der Waals surface area contributed by atoms with Crippen molar-refractivity contribution in [3.05, 3.63) is 71.4 Å². The maximum Gasteiger partial charge on any atom is 0.490 e. The van der Waals surface area contributed by atoms with Crippen molar-refractivity contribution >= 4 is 29.0 Å². The quantitative estimate of drug-likeness (QED) is 0.438. The van der Waals surface area contributed by atoms with Gasteiger partial charge in [0, 0.05) is 35.1 Å². The molecule has 0 atom stereocenters. The number of thiophene rings is 1. The molecule has 0 spiro atoms. The van der Waals surface area contributed by atoms with Gasteiger partial charge in [-0.2, -0.15) is 23.4 Å². The number of aliphatic carboxylic acids is 1. The molecule has 1 amide bonds. The molecule has 9 nitrogen and oxygen atoms in total. The normalized spacial score (nSPS) is 10.9. The van der Waals surface area contributed by atoms with Crippen LogP contribution in [0.5, 0.6) is 0 Å². The monoisotopic (exact) mass is 478 g/mol. The van der Waals surface area contributed by atoms with Crippen molar-refractivity contribution in [1.29, 1.82) is 0 Å². The number of nitrogens with one attached hydrogen (secondary N) is 1. The number of halogens is 3. The van der Waals surface area contributed by atoms with Gasteiger partial charge in [-0.15, -0.1) is 11.3 Å². The second-order valence-electron chi connectivity index (χ2n) is 6.44. The van der Waals surface area contributed by atoms with Crippen LogP contribution in [0.2, 0.25) is 0 Å². The molecule has 0 unspecified atom stereocenters. The van der Waals surface area contributed by atoms with Gasteiger partial charge in [-0.05, 0) is 29.6 Å². The molecular weight excluding hydrogens is 461 g/mol. The second-order valence-corrected chi connectivity index (χ2v) is 7.48. The number of carboxylic acid groups (broad SMARTS) is 1.